The molecular formula is C17H16BrFN2O3S. The fourth-order valence-corrected chi connectivity index (χ4v) is 3.26. The van der Waals surface area contributed by atoms with Crippen LogP contribution >= 0.6 is 15.9 Å². The second-order valence-corrected chi connectivity index (χ2v) is 8.37. The van der Waals surface area contributed by atoms with E-state index in [1.165, 1.54) is 50.5 Å². The number of anilines is 1. The van der Waals surface area contributed by atoms with Crippen LogP contribution in [0, 0.1) is 5.82 Å². The molecule has 0 heterocycles. The van der Waals surface area contributed by atoms with Gasteiger partial charge >= 0.3 is 0 Å². The molecule has 0 bridgehead atoms. The fraction of sp³-hybridized carbons (Fsp3) is 0.118. The largest absolute Gasteiger partial charge is 0.322 e. The predicted molar refractivity (Wildman–Crippen MR) is 99.1 cm³/mol. The number of rotatable bonds is 5. The Hall–Kier alpha value is -2.03. The van der Waals surface area contributed by atoms with Gasteiger partial charge in [-0.05, 0) is 42.5 Å². The van der Waals surface area contributed by atoms with Gasteiger partial charge in [0.2, 0.25) is 15.9 Å². The lowest BCUT2D eigenvalue weighted by Gasteiger charge is -2.12. The molecule has 2 aromatic carbocycles. The molecule has 0 aliphatic carbocycles. The van der Waals surface area contributed by atoms with Crippen molar-refractivity contribution >= 4 is 43.6 Å². The maximum atomic E-state index is 13.6. The normalized spacial score (nSPS) is 11.9. The highest BCUT2D eigenvalue weighted by molar-refractivity contribution is 9.10. The number of carbonyl (C=O) groups excluding carboxylic acids is 1. The van der Waals surface area contributed by atoms with Crippen molar-refractivity contribution in [2.45, 2.75) is 4.90 Å². The number of hydrogen-bond donors (Lipinski definition) is 1. The number of nitrogens with zero attached hydrogens (tertiary/aromatic N) is 1. The average molecular weight is 427 g/mol. The summed E-state index contributed by atoms with van der Waals surface area (Å²) in [5, 5.41) is 2.55. The zero-order valence-corrected chi connectivity index (χ0v) is 15.9. The van der Waals surface area contributed by atoms with E-state index in [9.17, 15) is 17.6 Å². The van der Waals surface area contributed by atoms with Gasteiger partial charge in [-0.15, -0.1) is 0 Å². The molecule has 0 radical (unpaired) electrons. The van der Waals surface area contributed by atoms with Crippen molar-refractivity contribution in [3.8, 4) is 0 Å². The van der Waals surface area contributed by atoms with E-state index in [1.54, 1.807) is 18.2 Å². The van der Waals surface area contributed by atoms with Crippen LogP contribution in [0.3, 0.4) is 0 Å². The lowest BCUT2D eigenvalue weighted by Crippen LogP contribution is -2.22. The quantitative estimate of drug-likeness (QED) is 0.743. The van der Waals surface area contributed by atoms with Crippen LogP contribution in [0.4, 0.5) is 10.1 Å². The van der Waals surface area contributed by atoms with Crippen molar-refractivity contribution in [3.63, 3.8) is 0 Å². The molecule has 0 saturated carbocycles. The molecule has 2 rings (SSSR count). The van der Waals surface area contributed by atoms with Gasteiger partial charge < -0.3 is 5.32 Å². The summed E-state index contributed by atoms with van der Waals surface area (Å²) >= 11 is 3.23. The van der Waals surface area contributed by atoms with Crippen molar-refractivity contribution in [1.82, 2.24) is 4.31 Å². The van der Waals surface area contributed by atoms with Crippen LogP contribution in [0.5, 0.6) is 0 Å². The first-order chi connectivity index (χ1) is 11.7. The van der Waals surface area contributed by atoms with Crippen LogP contribution in [0.2, 0.25) is 0 Å². The first-order valence-corrected chi connectivity index (χ1v) is 9.40. The summed E-state index contributed by atoms with van der Waals surface area (Å²) in [5.74, 6) is -0.954. The van der Waals surface area contributed by atoms with Crippen LogP contribution in [0.1, 0.15) is 5.56 Å². The maximum Gasteiger partial charge on any atom is 0.248 e. The smallest absolute Gasteiger partial charge is 0.248 e. The summed E-state index contributed by atoms with van der Waals surface area (Å²) in [6.07, 6.45) is 2.52. The third-order valence-electron chi connectivity index (χ3n) is 3.25. The summed E-state index contributed by atoms with van der Waals surface area (Å²) < 4.78 is 39.6. The second-order valence-electron chi connectivity index (χ2n) is 5.30. The third-order valence-corrected chi connectivity index (χ3v) is 5.56. The third kappa shape index (κ3) is 4.97. The number of carbonyl (C=O) groups is 1. The van der Waals surface area contributed by atoms with Crippen LogP contribution in [0.25, 0.3) is 6.08 Å². The van der Waals surface area contributed by atoms with E-state index in [-0.39, 0.29) is 10.5 Å². The van der Waals surface area contributed by atoms with E-state index in [0.29, 0.717) is 10.2 Å². The minimum Gasteiger partial charge on any atom is -0.322 e. The van der Waals surface area contributed by atoms with Gasteiger partial charge in [0.15, 0.2) is 0 Å². The molecular weight excluding hydrogens is 411 g/mol. The zero-order valence-electron chi connectivity index (χ0n) is 13.5. The first kappa shape index (κ1) is 19.3. The number of hydrogen-bond acceptors (Lipinski definition) is 3. The van der Waals surface area contributed by atoms with E-state index in [1.807, 2.05) is 0 Å². The number of benzene rings is 2. The SMILES string of the molecule is CN(C)S(=O)(=O)c1cccc(NC(=O)/C=C/c2cc(Br)ccc2F)c1. The molecule has 0 atom stereocenters. The van der Waals surface area contributed by atoms with Gasteiger partial charge in [-0.3, -0.25) is 4.79 Å². The Morgan fingerprint density at radius 1 is 1.20 bits per heavy atom. The van der Waals surface area contributed by atoms with Gasteiger partial charge in [-0.25, -0.2) is 17.1 Å². The standard InChI is InChI=1S/C17H16BrFN2O3S/c1-21(2)25(23,24)15-5-3-4-14(11-15)20-17(22)9-6-12-10-13(18)7-8-16(12)19/h3-11H,1-2H3,(H,20,22)/b9-6+. The maximum absolute atomic E-state index is 13.6. The first-order valence-electron chi connectivity index (χ1n) is 7.17. The minimum atomic E-state index is -3.59. The summed E-state index contributed by atoms with van der Waals surface area (Å²) in [7, 11) is -0.739. The molecule has 25 heavy (non-hydrogen) atoms. The monoisotopic (exact) mass is 426 g/mol. The number of nitrogens with one attached hydrogen (secondary N) is 1. The lowest BCUT2D eigenvalue weighted by atomic mass is 10.2. The Kier molecular flexibility index (Phi) is 6.10. The predicted octanol–water partition coefficient (Wildman–Crippen LogP) is 3.49. The Morgan fingerprint density at radius 2 is 1.92 bits per heavy atom. The van der Waals surface area contributed by atoms with Gasteiger partial charge in [0, 0.05) is 35.9 Å². The Bertz CT molecular complexity index is 927. The molecule has 132 valence electrons. The molecule has 8 heteroatoms. The number of sulfonamides is 1. The number of halogens is 2. The molecule has 0 unspecified atom stereocenters. The molecule has 0 aromatic heterocycles. The van der Waals surface area contributed by atoms with Gasteiger partial charge in [-0.2, -0.15) is 0 Å². The fourth-order valence-electron chi connectivity index (χ4n) is 1.94. The molecule has 2 aromatic rings. The zero-order chi connectivity index (χ0) is 18.6. The highest BCUT2D eigenvalue weighted by Gasteiger charge is 2.17. The van der Waals surface area contributed by atoms with Crippen LogP contribution < -0.4 is 5.32 Å². The molecule has 5 nitrogen and oxygen atoms in total. The van der Waals surface area contributed by atoms with Gasteiger partial charge in [0.05, 0.1) is 4.90 Å². The van der Waals surface area contributed by atoms with Gasteiger partial charge in [0.25, 0.3) is 0 Å². The highest BCUT2D eigenvalue weighted by Crippen LogP contribution is 2.19. The molecule has 0 fully saturated rings. The summed E-state index contributed by atoms with van der Waals surface area (Å²) in [6.45, 7) is 0. The van der Waals surface area contributed by atoms with Crippen molar-refractivity contribution in [3.05, 3.63) is 64.4 Å². The van der Waals surface area contributed by atoms with Gasteiger partial charge in [0.1, 0.15) is 5.82 Å². The minimum absolute atomic E-state index is 0.0670. The van der Waals surface area contributed by atoms with E-state index < -0.39 is 21.7 Å². The van der Waals surface area contributed by atoms with Crippen LogP contribution in [-0.4, -0.2) is 32.7 Å². The summed E-state index contributed by atoms with van der Waals surface area (Å²) in [5.41, 5.74) is 0.584. The Labute approximate surface area is 154 Å². The summed E-state index contributed by atoms with van der Waals surface area (Å²) in [4.78, 5) is 12.1. The average Bonchev–Trinajstić information content (AvgIpc) is 2.55. The molecule has 0 aliphatic rings. The Balaban J connectivity index is 2.16. The molecule has 0 spiro atoms. The number of amides is 1. The van der Waals surface area contributed by atoms with Crippen molar-refractivity contribution in [2.75, 3.05) is 19.4 Å². The molecule has 1 N–H and O–H groups in total. The summed E-state index contributed by atoms with van der Waals surface area (Å²) in [6, 6.07) is 10.3. The highest BCUT2D eigenvalue weighted by atomic mass is 79.9. The van der Waals surface area contributed by atoms with Gasteiger partial charge in [-0.1, -0.05) is 22.0 Å². The molecule has 0 saturated heterocycles. The van der Waals surface area contributed by atoms with Crippen molar-refractivity contribution < 1.29 is 17.6 Å². The van der Waals surface area contributed by atoms with E-state index in [4.69, 9.17) is 0 Å². The molecule has 0 aliphatic heterocycles. The second kappa shape index (κ2) is 7.90. The van der Waals surface area contributed by atoms with Crippen LogP contribution in [-0.2, 0) is 14.8 Å². The van der Waals surface area contributed by atoms with E-state index >= 15 is 0 Å². The Morgan fingerprint density at radius 3 is 2.60 bits per heavy atom. The van der Waals surface area contributed by atoms with Crippen molar-refractivity contribution in [2.24, 2.45) is 0 Å². The van der Waals surface area contributed by atoms with Crippen molar-refractivity contribution in [1.29, 1.82) is 0 Å². The van der Waals surface area contributed by atoms with E-state index in [2.05, 4.69) is 21.2 Å². The molecule has 1 amide bonds. The van der Waals surface area contributed by atoms with E-state index in [0.717, 1.165) is 4.31 Å². The topological polar surface area (TPSA) is 66.5 Å². The van der Waals surface area contributed by atoms with Crippen LogP contribution in [0.15, 0.2) is 57.9 Å². The lowest BCUT2D eigenvalue weighted by molar-refractivity contribution is -0.111.